The van der Waals surface area contributed by atoms with Crippen molar-refractivity contribution >= 4 is 35.1 Å². The molecule has 1 saturated carbocycles. The van der Waals surface area contributed by atoms with E-state index >= 15 is 4.39 Å². The van der Waals surface area contributed by atoms with Crippen molar-refractivity contribution in [3.05, 3.63) is 69.5 Å². The minimum Gasteiger partial charge on any atom is -0.480 e. The van der Waals surface area contributed by atoms with E-state index in [1.54, 1.807) is 18.2 Å². The number of rotatable bonds is 9. The Morgan fingerprint density at radius 2 is 1.81 bits per heavy atom. The number of hydrogen-bond donors (Lipinski definition) is 2. The fraction of sp³-hybridized carbons (Fsp3) is 0.364. The van der Waals surface area contributed by atoms with Gasteiger partial charge in [0.15, 0.2) is 0 Å². The number of hydrogen-bond acceptors (Lipinski definition) is 5. The topological polar surface area (TPSA) is 98.9 Å². The molecule has 172 valence electrons. The van der Waals surface area contributed by atoms with Gasteiger partial charge in [0.1, 0.15) is 18.0 Å². The first kappa shape index (κ1) is 24.4. The molecular weight excluding hydrogens is 467 g/mol. The summed E-state index contributed by atoms with van der Waals surface area (Å²) in [5.41, 5.74) is 2.41. The van der Waals surface area contributed by atoms with Crippen LogP contribution in [0.4, 0.5) is 8.78 Å². The molecule has 1 aliphatic rings. The van der Waals surface area contributed by atoms with Crippen LogP contribution < -0.4 is 5.73 Å². The Morgan fingerprint density at radius 3 is 2.41 bits per heavy atom. The first-order valence-corrected chi connectivity index (χ1v) is 10.4. The van der Waals surface area contributed by atoms with Gasteiger partial charge in [-0.2, -0.15) is 0 Å². The highest BCUT2D eigenvalue weighted by Gasteiger charge is 2.73. The maximum Gasteiger partial charge on any atom is 0.344 e. The van der Waals surface area contributed by atoms with E-state index in [4.69, 9.17) is 38.4 Å². The van der Waals surface area contributed by atoms with Crippen molar-refractivity contribution in [3.8, 4) is 0 Å². The number of carbonyl (C=O) groups excluding carboxylic acids is 1. The van der Waals surface area contributed by atoms with Gasteiger partial charge in [-0.3, -0.25) is 4.79 Å². The molecule has 0 radical (unpaired) electrons. The molecular formula is C22H21Cl2F2NO5. The average molecular weight is 488 g/mol. The number of ether oxygens (including phenoxy) is 2. The largest absolute Gasteiger partial charge is 0.480 e. The normalized spacial score (nSPS) is 22.6. The third-order valence-electron chi connectivity index (χ3n) is 5.62. The monoisotopic (exact) mass is 487 g/mol. The Kier molecular flexibility index (Phi) is 7.09. The summed E-state index contributed by atoms with van der Waals surface area (Å²) < 4.78 is 38.8. The van der Waals surface area contributed by atoms with E-state index in [0.717, 1.165) is 0 Å². The first-order valence-electron chi connectivity index (χ1n) is 9.67. The molecule has 4 atom stereocenters. The molecule has 3 rings (SSSR count). The van der Waals surface area contributed by atoms with Crippen LogP contribution >= 0.6 is 23.2 Å². The maximum atomic E-state index is 15.2. The summed E-state index contributed by atoms with van der Waals surface area (Å²) >= 11 is 11.8. The molecule has 2 aromatic rings. The smallest absolute Gasteiger partial charge is 0.344 e. The molecule has 0 bridgehead atoms. The second-order valence-electron chi connectivity index (χ2n) is 7.76. The SMILES string of the molecule is C[C@@H](OCc1ccc(Cl)c(Cl)c1)[C@@](N)(C(=O)O)[C@H]1C[C@]1(F)C(=O)OCc1ccc(F)cc1. The molecule has 0 aromatic heterocycles. The highest BCUT2D eigenvalue weighted by atomic mass is 35.5. The molecule has 3 N–H and O–H groups in total. The molecule has 0 amide bonds. The fourth-order valence-electron chi connectivity index (χ4n) is 3.46. The number of halogens is 4. The quantitative estimate of drug-likeness (QED) is 0.511. The van der Waals surface area contributed by atoms with Crippen molar-refractivity contribution in [2.45, 2.75) is 43.9 Å². The van der Waals surface area contributed by atoms with E-state index in [-0.39, 0.29) is 13.2 Å². The van der Waals surface area contributed by atoms with Crippen LogP contribution in [0.15, 0.2) is 42.5 Å². The maximum absolute atomic E-state index is 15.2. The fourth-order valence-corrected chi connectivity index (χ4v) is 3.78. The Morgan fingerprint density at radius 1 is 1.19 bits per heavy atom. The van der Waals surface area contributed by atoms with Crippen molar-refractivity contribution in [1.29, 1.82) is 0 Å². The predicted octanol–water partition coefficient (Wildman–Crippen LogP) is 4.29. The lowest BCUT2D eigenvalue weighted by molar-refractivity contribution is -0.158. The number of alkyl halides is 1. The van der Waals surface area contributed by atoms with E-state index in [1.807, 2.05) is 0 Å². The van der Waals surface area contributed by atoms with Crippen LogP contribution in [-0.4, -0.2) is 34.4 Å². The standard InChI is InChI=1S/C22H21Cl2F2NO5/c1-12(31-11-14-4-7-16(23)17(24)8-14)22(27,19(28)29)18-9-21(18,26)20(30)32-10-13-2-5-15(25)6-3-13/h2-8,12,18H,9-11,27H2,1H3,(H,28,29)/t12-,18+,21-,22+/m1/s1. The molecule has 32 heavy (non-hydrogen) atoms. The summed E-state index contributed by atoms with van der Waals surface area (Å²) in [6, 6.07) is 9.89. The molecule has 1 fully saturated rings. The van der Waals surface area contributed by atoms with Crippen molar-refractivity contribution in [1.82, 2.24) is 0 Å². The van der Waals surface area contributed by atoms with Crippen LogP contribution in [0.2, 0.25) is 10.0 Å². The molecule has 0 aliphatic heterocycles. The van der Waals surface area contributed by atoms with Crippen LogP contribution in [0.5, 0.6) is 0 Å². The molecule has 6 nitrogen and oxygen atoms in total. The Labute approximate surface area is 193 Å². The van der Waals surface area contributed by atoms with Gasteiger partial charge < -0.3 is 20.3 Å². The van der Waals surface area contributed by atoms with Gasteiger partial charge in [-0.05, 0) is 42.3 Å². The lowest BCUT2D eigenvalue weighted by Crippen LogP contribution is -2.60. The van der Waals surface area contributed by atoms with Crippen LogP contribution in [-0.2, 0) is 32.3 Å². The minimum absolute atomic E-state index is 0.0503. The molecule has 2 aromatic carbocycles. The minimum atomic E-state index is -2.56. The summed E-state index contributed by atoms with van der Waals surface area (Å²) in [6.45, 7) is 1.06. The average Bonchev–Trinajstić information content (AvgIpc) is 3.46. The van der Waals surface area contributed by atoms with Crippen LogP contribution in [0.25, 0.3) is 0 Å². The van der Waals surface area contributed by atoms with Crippen molar-refractivity contribution in [2.75, 3.05) is 0 Å². The molecule has 0 spiro atoms. The zero-order chi connectivity index (χ0) is 23.7. The number of carbonyl (C=O) groups is 2. The van der Waals surface area contributed by atoms with E-state index in [2.05, 4.69) is 0 Å². The highest BCUT2D eigenvalue weighted by molar-refractivity contribution is 6.42. The van der Waals surface area contributed by atoms with Gasteiger partial charge in [0.2, 0.25) is 5.67 Å². The Balaban J connectivity index is 1.65. The second-order valence-corrected chi connectivity index (χ2v) is 8.58. The Bertz CT molecular complexity index is 1020. The number of esters is 1. The van der Waals surface area contributed by atoms with Crippen LogP contribution in [0.3, 0.4) is 0 Å². The molecule has 1 aliphatic carbocycles. The lowest BCUT2D eigenvalue weighted by Gasteiger charge is -2.32. The number of carboxylic acid groups (broad SMARTS) is 1. The first-order chi connectivity index (χ1) is 15.0. The molecule has 0 saturated heterocycles. The van der Waals surface area contributed by atoms with E-state index in [1.165, 1.54) is 31.2 Å². The Hall–Kier alpha value is -2.26. The molecule has 0 unspecified atom stereocenters. The van der Waals surface area contributed by atoms with Crippen molar-refractivity contribution in [3.63, 3.8) is 0 Å². The molecule has 10 heteroatoms. The van der Waals surface area contributed by atoms with Gasteiger partial charge in [-0.15, -0.1) is 0 Å². The number of nitrogens with two attached hydrogens (primary N) is 1. The third kappa shape index (κ3) is 4.88. The summed E-state index contributed by atoms with van der Waals surface area (Å²) in [5, 5.41) is 10.4. The van der Waals surface area contributed by atoms with Gasteiger partial charge in [0.05, 0.1) is 22.8 Å². The summed E-state index contributed by atoms with van der Waals surface area (Å²) in [6.07, 6.45) is -1.57. The van der Waals surface area contributed by atoms with Crippen LogP contribution in [0, 0.1) is 11.7 Å². The molecule has 0 heterocycles. The van der Waals surface area contributed by atoms with Crippen LogP contribution in [0.1, 0.15) is 24.5 Å². The van der Waals surface area contributed by atoms with Gasteiger partial charge in [0.25, 0.3) is 0 Å². The third-order valence-corrected chi connectivity index (χ3v) is 6.36. The summed E-state index contributed by atoms with van der Waals surface area (Å²) in [4.78, 5) is 24.3. The van der Waals surface area contributed by atoms with Gasteiger partial charge in [-0.25, -0.2) is 13.6 Å². The van der Waals surface area contributed by atoms with Crippen molar-refractivity contribution in [2.24, 2.45) is 11.7 Å². The highest BCUT2D eigenvalue weighted by Crippen LogP contribution is 2.55. The summed E-state index contributed by atoms with van der Waals surface area (Å²) in [7, 11) is 0. The van der Waals surface area contributed by atoms with Gasteiger partial charge >= 0.3 is 11.9 Å². The summed E-state index contributed by atoms with van der Waals surface area (Å²) in [5.74, 6) is -4.54. The van der Waals surface area contributed by atoms with E-state index < -0.39 is 47.4 Å². The van der Waals surface area contributed by atoms with Gasteiger partial charge in [-0.1, -0.05) is 41.4 Å². The van der Waals surface area contributed by atoms with E-state index in [0.29, 0.717) is 21.2 Å². The zero-order valence-corrected chi connectivity index (χ0v) is 18.5. The predicted molar refractivity (Wildman–Crippen MR) is 113 cm³/mol. The number of benzene rings is 2. The zero-order valence-electron chi connectivity index (χ0n) is 17.0. The second kappa shape index (κ2) is 9.31. The number of aliphatic carboxylic acids is 1. The van der Waals surface area contributed by atoms with E-state index in [9.17, 15) is 19.1 Å². The lowest BCUT2D eigenvalue weighted by atomic mass is 9.87. The number of carboxylic acids is 1. The van der Waals surface area contributed by atoms with Crippen molar-refractivity contribution < 1.29 is 33.0 Å². The van der Waals surface area contributed by atoms with Gasteiger partial charge in [0, 0.05) is 12.3 Å².